The van der Waals surface area contributed by atoms with Crippen molar-refractivity contribution in [3.63, 3.8) is 0 Å². The Morgan fingerprint density at radius 2 is 1.14 bits per heavy atom. The summed E-state index contributed by atoms with van der Waals surface area (Å²) in [6, 6.07) is 11.9. The summed E-state index contributed by atoms with van der Waals surface area (Å²) in [5.74, 6) is -0.921. The Morgan fingerprint density at radius 1 is 0.750 bits per heavy atom. The number of benzene rings is 2. The van der Waals surface area contributed by atoms with Crippen molar-refractivity contribution in [1.82, 2.24) is 4.57 Å². The number of aryl methyl sites for hydroxylation is 1. The highest BCUT2D eigenvalue weighted by Gasteiger charge is 2.12. The summed E-state index contributed by atoms with van der Waals surface area (Å²) in [5, 5.41) is 9.81. The molecular formula is C21H21N3O4. The second-order valence-electron chi connectivity index (χ2n) is 6.54. The average Bonchev–Trinajstić information content (AvgIpc) is 2.95. The molecule has 0 aliphatic heterocycles. The quantitative estimate of drug-likeness (QED) is 0.391. The topological polar surface area (TPSA) is 82.2 Å². The average molecular weight is 379 g/mol. The number of hydrogen-bond donors (Lipinski definition) is 0. The minimum absolute atomic E-state index is 0.460. The fourth-order valence-electron chi connectivity index (χ4n) is 3.04. The van der Waals surface area contributed by atoms with Gasteiger partial charge in [-0.25, -0.2) is 9.59 Å². The van der Waals surface area contributed by atoms with E-state index < -0.39 is 11.9 Å². The van der Waals surface area contributed by atoms with Crippen LogP contribution in [0.4, 0.5) is 0 Å². The maximum Gasteiger partial charge on any atom is 0.331 e. The molecule has 0 spiro atoms. The van der Waals surface area contributed by atoms with Gasteiger partial charge in [-0.05, 0) is 49.2 Å². The van der Waals surface area contributed by atoms with Gasteiger partial charge in [-0.1, -0.05) is 22.4 Å². The zero-order chi connectivity index (χ0) is 20.4. The third-order valence-corrected chi connectivity index (χ3v) is 4.46. The van der Waals surface area contributed by atoms with Crippen LogP contribution in [0, 0.1) is 0 Å². The van der Waals surface area contributed by atoms with E-state index in [1.165, 1.54) is 13.8 Å². The minimum atomic E-state index is -0.460. The van der Waals surface area contributed by atoms with Crippen molar-refractivity contribution in [1.29, 1.82) is 0 Å². The van der Waals surface area contributed by atoms with E-state index >= 15 is 0 Å². The fourth-order valence-corrected chi connectivity index (χ4v) is 3.04. The summed E-state index contributed by atoms with van der Waals surface area (Å²) in [4.78, 5) is 31.5. The Hall–Kier alpha value is -3.48. The molecule has 0 saturated heterocycles. The first-order valence-corrected chi connectivity index (χ1v) is 8.75. The molecule has 2 aromatic carbocycles. The SMILES string of the molecule is CC(=O)ON=C(C)c1ccc2c(c1)c1cc(C(C)=NOC(C)=O)ccc1n2C. The normalized spacial score (nSPS) is 12.5. The molecule has 1 aromatic heterocycles. The summed E-state index contributed by atoms with van der Waals surface area (Å²) in [7, 11) is 2.00. The van der Waals surface area contributed by atoms with Crippen molar-refractivity contribution in [2.24, 2.45) is 17.4 Å². The first-order valence-electron chi connectivity index (χ1n) is 8.75. The lowest BCUT2D eigenvalue weighted by atomic mass is 10.0. The van der Waals surface area contributed by atoms with E-state index in [0.717, 1.165) is 32.9 Å². The number of oxime groups is 2. The molecule has 0 aliphatic carbocycles. The Bertz CT molecular complexity index is 1070. The van der Waals surface area contributed by atoms with E-state index in [9.17, 15) is 9.59 Å². The first-order chi connectivity index (χ1) is 13.3. The van der Waals surface area contributed by atoms with E-state index in [4.69, 9.17) is 9.68 Å². The van der Waals surface area contributed by atoms with E-state index in [0.29, 0.717) is 11.4 Å². The predicted octanol–water partition coefficient (Wildman–Crippen LogP) is 3.91. The number of carbonyl (C=O) groups excluding carboxylic acids is 2. The van der Waals surface area contributed by atoms with Gasteiger partial charge in [-0.15, -0.1) is 0 Å². The third-order valence-electron chi connectivity index (χ3n) is 4.46. The van der Waals surface area contributed by atoms with Gasteiger partial charge < -0.3 is 14.2 Å². The van der Waals surface area contributed by atoms with Gasteiger partial charge >= 0.3 is 11.9 Å². The second kappa shape index (κ2) is 7.64. The number of aromatic nitrogens is 1. The molecule has 0 unspecified atom stereocenters. The van der Waals surface area contributed by atoms with Gasteiger partial charge in [0.25, 0.3) is 0 Å². The molecule has 144 valence electrons. The van der Waals surface area contributed by atoms with Crippen LogP contribution >= 0.6 is 0 Å². The number of fused-ring (bicyclic) bond motifs is 3. The van der Waals surface area contributed by atoms with Gasteiger partial charge in [-0.2, -0.15) is 0 Å². The highest BCUT2D eigenvalue weighted by atomic mass is 16.7. The van der Waals surface area contributed by atoms with Crippen LogP contribution in [0.15, 0.2) is 46.7 Å². The number of hydrogen-bond acceptors (Lipinski definition) is 6. The maximum absolute atomic E-state index is 11.0. The fraction of sp³-hybridized carbons (Fsp3) is 0.238. The molecule has 0 atom stereocenters. The second-order valence-corrected chi connectivity index (χ2v) is 6.54. The smallest absolute Gasteiger partial charge is 0.331 e. The Kier molecular flexibility index (Phi) is 5.26. The van der Waals surface area contributed by atoms with Crippen LogP contribution in [0.25, 0.3) is 21.8 Å². The molecule has 3 rings (SSSR count). The molecule has 0 N–H and O–H groups in total. The van der Waals surface area contributed by atoms with Crippen LogP contribution in [0.1, 0.15) is 38.8 Å². The highest BCUT2D eigenvalue weighted by Crippen LogP contribution is 2.30. The third kappa shape index (κ3) is 3.78. The van der Waals surface area contributed by atoms with Crippen molar-refractivity contribution >= 4 is 45.2 Å². The summed E-state index contributed by atoms with van der Waals surface area (Å²) in [5.41, 5.74) is 5.06. The number of rotatable bonds is 4. The Balaban J connectivity index is 2.13. The van der Waals surface area contributed by atoms with Crippen LogP contribution in [-0.4, -0.2) is 27.9 Å². The van der Waals surface area contributed by atoms with Crippen LogP contribution in [0.2, 0.25) is 0 Å². The van der Waals surface area contributed by atoms with Gasteiger partial charge in [0.1, 0.15) is 0 Å². The van der Waals surface area contributed by atoms with E-state index in [-0.39, 0.29) is 0 Å². The molecule has 0 radical (unpaired) electrons. The summed E-state index contributed by atoms with van der Waals surface area (Å²) < 4.78 is 2.11. The van der Waals surface area contributed by atoms with Crippen LogP contribution in [0.5, 0.6) is 0 Å². The van der Waals surface area contributed by atoms with Gasteiger partial charge in [0.2, 0.25) is 0 Å². The number of carbonyl (C=O) groups is 2. The molecule has 3 aromatic rings. The summed E-state index contributed by atoms with van der Waals surface area (Å²) in [6.45, 7) is 6.20. The Labute approximate surface area is 162 Å². The molecule has 7 nitrogen and oxygen atoms in total. The van der Waals surface area contributed by atoms with Crippen molar-refractivity contribution in [2.75, 3.05) is 0 Å². The minimum Gasteiger partial charge on any atom is -0.344 e. The maximum atomic E-state index is 11.0. The lowest BCUT2D eigenvalue weighted by Gasteiger charge is -2.02. The summed E-state index contributed by atoms with van der Waals surface area (Å²) in [6.07, 6.45) is 0. The van der Waals surface area contributed by atoms with Crippen LogP contribution in [-0.2, 0) is 26.3 Å². The van der Waals surface area contributed by atoms with E-state index in [1.54, 1.807) is 13.8 Å². The van der Waals surface area contributed by atoms with E-state index in [1.807, 2.05) is 43.4 Å². The first kappa shape index (κ1) is 19.3. The van der Waals surface area contributed by atoms with Crippen LogP contribution in [0.3, 0.4) is 0 Å². The molecule has 28 heavy (non-hydrogen) atoms. The molecule has 0 bridgehead atoms. The monoisotopic (exact) mass is 379 g/mol. The lowest BCUT2D eigenvalue weighted by molar-refractivity contribution is -0.141. The van der Waals surface area contributed by atoms with Crippen LogP contribution < -0.4 is 0 Å². The van der Waals surface area contributed by atoms with Crippen molar-refractivity contribution in [3.05, 3.63) is 47.5 Å². The highest BCUT2D eigenvalue weighted by molar-refractivity contribution is 6.13. The molecule has 1 heterocycles. The molecule has 0 aliphatic rings. The molecule has 7 heteroatoms. The summed E-state index contributed by atoms with van der Waals surface area (Å²) >= 11 is 0. The lowest BCUT2D eigenvalue weighted by Crippen LogP contribution is -1.99. The zero-order valence-corrected chi connectivity index (χ0v) is 16.4. The molecule has 0 fully saturated rings. The van der Waals surface area contributed by atoms with Crippen molar-refractivity contribution < 1.29 is 19.3 Å². The van der Waals surface area contributed by atoms with E-state index in [2.05, 4.69) is 14.9 Å². The molecular weight excluding hydrogens is 358 g/mol. The number of nitrogens with zero attached hydrogens (tertiary/aromatic N) is 3. The molecule has 0 amide bonds. The van der Waals surface area contributed by atoms with Crippen molar-refractivity contribution in [3.8, 4) is 0 Å². The van der Waals surface area contributed by atoms with Gasteiger partial charge in [0.05, 0.1) is 11.4 Å². The predicted molar refractivity (Wildman–Crippen MR) is 108 cm³/mol. The van der Waals surface area contributed by atoms with Gasteiger partial charge in [-0.3, -0.25) is 0 Å². The Morgan fingerprint density at radius 3 is 1.50 bits per heavy atom. The standard InChI is InChI=1S/C21H21N3O4/c1-12(22-27-14(3)25)16-6-8-20-18(10-16)19-11-17(7-9-21(19)24(20)5)13(2)23-28-15(4)26/h6-11H,1-5H3. The molecule has 0 saturated carbocycles. The van der Waals surface area contributed by atoms with Crippen molar-refractivity contribution in [2.45, 2.75) is 27.7 Å². The largest absolute Gasteiger partial charge is 0.344 e. The van der Waals surface area contributed by atoms with Gasteiger partial charge in [0.15, 0.2) is 0 Å². The van der Waals surface area contributed by atoms with Gasteiger partial charge in [0, 0.05) is 42.7 Å². The zero-order valence-electron chi connectivity index (χ0n) is 16.4.